The Morgan fingerprint density at radius 1 is 0.714 bits per heavy atom. The zero-order chi connectivity index (χ0) is 12.2. The fraction of sp³-hybridized carbons (Fsp3) is 1.00. The van der Waals surface area contributed by atoms with Gasteiger partial charge in [0.2, 0.25) is 0 Å². The molecule has 0 rings (SSSR count). The molecule has 84 valence electrons. The molecular weight excluding hydrogens is 329 g/mol. The molecule has 0 aliphatic heterocycles. The van der Waals surface area contributed by atoms with Crippen LogP contribution in [0.15, 0.2) is 0 Å². The quantitative estimate of drug-likeness (QED) is 0.296. The molecule has 0 aromatic carbocycles. The van der Waals surface area contributed by atoms with Gasteiger partial charge in [-0.2, -0.15) is 0 Å². The predicted octanol–water partition coefficient (Wildman–Crippen LogP) is 3.18. The van der Waals surface area contributed by atoms with Gasteiger partial charge in [-0.25, -0.2) is 0 Å². The molecule has 0 saturated heterocycles. The van der Waals surface area contributed by atoms with Gasteiger partial charge in [-0.15, -0.1) is 0 Å². The summed E-state index contributed by atoms with van der Waals surface area (Å²) in [5.74, 6) is 0. The number of alkyl halides is 6. The van der Waals surface area contributed by atoms with E-state index in [0.29, 0.717) is 0 Å². The van der Waals surface area contributed by atoms with Crippen molar-refractivity contribution >= 4 is 69.6 Å². The first kappa shape index (κ1) is 17.0. The summed E-state index contributed by atoms with van der Waals surface area (Å²) in [6.07, 6.45) is 0. The van der Waals surface area contributed by atoms with Crippen LogP contribution < -0.4 is 0 Å². The third kappa shape index (κ3) is 10.6. The van der Waals surface area contributed by atoms with E-state index in [1.54, 1.807) is 0 Å². The minimum atomic E-state index is -2.36. The van der Waals surface area contributed by atoms with Crippen molar-refractivity contribution in [3.8, 4) is 0 Å². The van der Waals surface area contributed by atoms with Crippen molar-refractivity contribution in [2.75, 3.05) is 0 Å². The number of hydrogen-bond donors (Lipinski definition) is 0. The summed E-state index contributed by atoms with van der Waals surface area (Å²) in [6, 6.07) is 0. The van der Waals surface area contributed by atoms with E-state index in [9.17, 15) is 20.2 Å². The van der Waals surface area contributed by atoms with Crippen LogP contribution in [0.25, 0.3) is 0 Å². The van der Waals surface area contributed by atoms with Gasteiger partial charge in [0, 0.05) is 0 Å². The van der Waals surface area contributed by atoms with Gasteiger partial charge < -0.3 is 0 Å². The SMILES string of the molecule is O=[N+]([O-])C(Cl)(Cl)Cl.O=[N+]([O-])C(Cl)(Cl)Cl. The molecule has 0 heterocycles. The van der Waals surface area contributed by atoms with Crippen molar-refractivity contribution in [3.05, 3.63) is 20.2 Å². The summed E-state index contributed by atoms with van der Waals surface area (Å²) in [7, 11) is 0. The molecule has 6 nitrogen and oxygen atoms in total. The summed E-state index contributed by atoms with van der Waals surface area (Å²) in [5, 5.41) is 18.9. The molecule has 0 N–H and O–H groups in total. The largest absolute Gasteiger partial charge is 0.449 e. The van der Waals surface area contributed by atoms with Crippen molar-refractivity contribution < 1.29 is 9.85 Å². The molecule has 0 aliphatic carbocycles. The van der Waals surface area contributed by atoms with Crippen molar-refractivity contribution in [1.82, 2.24) is 0 Å². The van der Waals surface area contributed by atoms with Crippen LogP contribution in [0.5, 0.6) is 0 Å². The summed E-state index contributed by atoms with van der Waals surface area (Å²) in [5.41, 5.74) is 0. The van der Waals surface area contributed by atoms with E-state index in [2.05, 4.69) is 0 Å². The summed E-state index contributed by atoms with van der Waals surface area (Å²) in [6.45, 7) is 0. The zero-order valence-electron chi connectivity index (χ0n) is 5.80. The van der Waals surface area contributed by atoms with Crippen LogP contribution in [0.4, 0.5) is 0 Å². The Labute approximate surface area is 107 Å². The van der Waals surface area contributed by atoms with Gasteiger partial charge >= 0.3 is 7.83 Å². The third-order valence-corrected chi connectivity index (χ3v) is 1.24. The van der Waals surface area contributed by atoms with E-state index < -0.39 is 17.7 Å². The Morgan fingerprint density at radius 2 is 0.786 bits per heavy atom. The number of rotatable bonds is 0. The first-order chi connectivity index (χ1) is 5.89. The molecule has 0 unspecified atom stereocenters. The van der Waals surface area contributed by atoms with Crippen LogP contribution in [0.2, 0.25) is 0 Å². The maximum atomic E-state index is 9.43. The van der Waals surface area contributed by atoms with Gasteiger partial charge in [-0.05, 0) is 69.6 Å². The molecule has 0 amide bonds. The van der Waals surface area contributed by atoms with Crippen molar-refractivity contribution in [1.29, 1.82) is 0 Å². The number of nitro groups is 2. The molecule has 12 heteroatoms. The highest BCUT2D eigenvalue weighted by atomic mass is 35.6. The van der Waals surface area contributed by atoms with Crippen molar-refractivity contribution in [2.24, 2.45) is 0 Å². The highest BCUT2D eigenvalue weighted by Gasteiger charge is 2.34. The lowest BCUT2D eigenvalue weighted by molar-refractivity contribution is -0.492. The van der Waals surface area contributed by atoms with E-state index in [0.717, 1.165) is 0 Å². The smallest absolute Gasteiger partial charge is 0.260 e. The number of halogens is 6. The predicted molar refractivity (Wildman–Crippen MR) is 54.6 cm³/mol. The van der Waals surface area contributed by atoms with E-state index >= 15 is 0 Å². The number of hydrogen-bond acceptors (Lipinski definition) is 4. The second-order valence-electron chi connectivity index (χ2n) is 1.45. The molecule has 0 aromatic rings. The lowest BCUT2D eigenvalue weighted by atomic mass is 11.4. The van der Waals surface area contributed by atoms with Crippen LogP contribution in [0.1, 0.15) is 0 Å². The maximum absolute atomic E-state index is 9.43. The minimum Gasteiger partial charge on any atom is -0.260 e. The molecule has 0 aliphatic rings. The standard InChI is InChI=1S/2CCl3NO2/c2*2-1(3,4)5(6)7. The minimum absolute atomic E-state index is 1.02. The fourth-order valence-corrected chi connectivity index (χ4v) is 0. The van der Waals surface area contributed by atoms with Crippen LogP contribution in [0.3, 0.4) is 0 Å². The summed E-state index contributed by atoms with van der Waals surface area (Å²) in [4.78, 5) is 16.8. The summed E-state index contributed by atoms with van der Waals surface area (Å²) >= 11 is 28.2. The van der Waals surface area contributed by atoms with E-state index in [4.69, 9.17) is 69.6 Å². The molecule has 0 aromatic heterocycles. The molecule has 0 saturated carbocycles. The maximum Gasteiger partial charge on any atom is 0.449 e. The zero-order valence-corrected chi connectivity index (χ0v) is 10.3. The average molecular weight is 329 g/mol. The summed E-state index contributed by atoms with van der Waals surface area (Å²) < 4.78 is -4.72. The molecule has 0 spiro atoms. The first-order valence-electron chi connectivity index (χ1n) is 2.31. The van der Waals surface area contributed by atoms with Crippen molar-refractivity contribution in [2.45, 2.75) is 7.83 Å². The van der Waals surface area contributed by atoms with Gasteiger partial charge in [-0.1, -0.05) is 0 Å². The van der Waals surface area contributed by atoms with Crippen LogP contribution in [0, 0.1) is 20.2 Å². The monoisotopic (exact) mass is 326 g/mol. The van der Waals surface area contributed by atoms with Crippen LogP contribution >= 0.6 is 69.6 Å². The topological polar surface area (TPSA) is 86.3 Å². The average Bonchev–Trinajstić information content (AvgIpc) is 1.83. The second-order valence-corrected chi connectivity index (χ2v) is 5.89. The lowest BCUT2D eigenvalue weighted by Crippen LogP contribution is -2.15. The molecule has 0 atom stereocenters. The second kappa shape index (κ2) is 6.19. The normalized spacial score (nSPS) is 11.3. The Morgan fingerprint density at radius 3 is 0.786 bits per heavy atom. The van der Waals surface area contributed by atoms with Gasteiger partial charge in [0.05, 0.1) is 9.85 Å². The molecule has 0 fully saturated rings. The van der Waals surface area contributed by atoms with E-state index in [1.165, 1.54) is 0 Å². The fourth-order valence-electron chi connectivity index (χ4n) is 0. The Kier molecular flexibility index (Phi) is 7.50. The van der Waals surface area contributed by atoms with E-state index in [-0.39, 0.29) is 0 Å². The Bertz CT molecular complexity index is 195. The Balaban J connectivity index is 0. The third-order valence-electron chi connectivity index (χ3n) is 0.414. The molecule has 0 radical (unpaired) electrons. The van der Waals surface area contributed by atoms with Gasteiger partial charge in [0.25, 0.3) is 0 Å². The van der Waals surface area contributed by atoms with Crippen molar-refractivity contribution in [3.63, 3.8) is 0 Å². The van der Waals surface area contributed by atoms with Gasteiger partial charge in [-0.3, -0.25) is 20.2 Å². The van der Waals surface area contributed by atoms with Gasteiger partial charge in [0.15, 0.2) is 0 Å². The highest BCUT2D eigenvalue weighted by molar-refractivity contribution is 6.66. The van der Waals surface area contributed by atoms with E-state index in [1.807, 2.05) is 0 Å². The molecular formula is C2Cl6N2O4. The highest BCUT2D eigenvalue weighted by Crippen LogP contribution is 2.25. The Hall–Kier alpha value is 0.540. The van der Waals surface area contributed by atoms with Crippen LogP contribution in [-0.4, -0.2) is 17.7 Å². The molecule has 0 bridgehead atoms. The van der Waals surface area contributed by atoms with Gasteiger partial charge in [0.1, 0.15) is 0 Å². The molecule has 14 heavy (non-hydrogen) atoms. The lowest BCUT2D eigenvalue weighted by Gasteiger charge is -1.96. The number of nitrogens with zero attached hydrogens (tertiary/aromatic N) is 2. The van der Waals surface area contributed by atoms with Crippen LogP contribution in [-0.2, 0) is 0 Å². The first-order valence-corrected chi connectivity index (χ1v) is 4.58.